The first-order valence-corrected chi connectivity index (χ1v) is 8.87. The molecule has 27 heavy (non-hydrogen) atoms. The molecule has 0 aliphatic heterocycles. The average Bonchev–Trinajstić information content (AvgIpc) is 2.71. The molecule has 3 aromatic rings. The first kappa shape index (κ1) is 18.6. The number of hydrogen-bond donors (Lipinski definition) is 2. The van der Waals surface area contributed by atoms with E-state index < -0.39 is 0 Å². The first-order valence-electron chi connectivity index (χ1n) is 8.49. The maximum Gasteiger partial charge on any atom is 0.257 e. The van der Waals surface area contributed by atoms with Gasteiger partial charge in [-0.3, -0.25) is 14.6 Å². The maximum atomic E-state index is 12.4. The summed E-state index contributed by atoms with van der Waals surface area (Å²) in [5.41, 5.74) is 2.83. The monoisotopic (exact) mass is 379 g/mol. The third kappa shape index (κ3) is 4.71. The minimum absolute atomic E-state index is 0.277. The van der Waals surface area contributed by atoms with Gasteiger partial charge in [0, 0.05) is 23.1 Å². The highest BCUT2D eigenvalue weighted by atomic mass is 35.5. The number of amides is 2. The summed E-state index contributed by atoms with van der Waals surface area (Å²) in [6.07, 6.45) is 2.35. The fourth-order valence-corrected chi connectivity index (χ4v) is 2.62. The SMILES string of the molecule is CCc1ccc(C(=O)Nc2ccc(Cl)c(NC(=O)c3ccccc3)c2)cn1. The Balaban J connectivity index is 1.74. The molecule has 1 heterocycles. The van der Waals surface area contributed by atoms with Crippen molar-refractivity contribution in [2.45, 2.75) is 13.3 Å². The van der Waals surface area contributed by atoms with Crippen LogP contribution in [0.1, 0.15) is 33.3 Å². The normalized spacial score (nSPS) is 10.3. The Morgan fingerprint density at radius 2 is 1.67 bits per heavy atom. The Labute approximate surface area is 162 Å². The van der Waals surface area contributed by atoms with Crippen LogP contribution in [0.4, 0.5) is 11.4 Å². The molecule has 2 aromatic carbocycles. The van der Waals surface area contributed by atoms with Gasteiger partial charge in [0.25, 0.3) is 11.8 Å². The van der Waals surface area contributed by atoms with Gasteiger partial charge in [0.05, 0.1) is 16.3 Å². The molecule has 0 spiro atoms. The molecule has 3 rings (SSSR count). The lowest BCUT2D eigenvalue weighted by Gasteiger charge is -2.11. The standard InChI is InChI=1S/C21H18ClN3O2/c1-2-16-9-8-15(13-23-16)21(27)24-17-10-11-18(22)19(12-17)25-20(26)14-6-4-3-5-7-14/h3-13H,2H2,1H3,(H,24,27)(H,25,26). The van der Waals surface area contributed by atoms with E-state index in [9.17, 15) is 9.59 Å². The summed E-state index contributed by atoms with van der Waals surface area (Å²) in [6.45, 7) is 2.00. The van der Waals surface area contributed by atoms with E-state index in [0.29, 0.717) is 27.5 Å². The zero-order chi connectivity index (χ0) is 19.2. The van der Waals surface area contributed by atoms with Crippen molar-refractivity contribution in [3.05, 3.63) is 88.7 Å². The van der Waals surface area contributed by atoms with Crippen molar-refractivity contribution in [2.75, 3.05) is 10.6 Å². The molecular formula is C21H18ClN3O2. The van der Waals surface area contributed by atoms with Crippen LogP contribution >= 0.6 is 11.6 Å². The number of hydrogen-bond acceptors (Lipinski definition) is 3. The van der Waals surface area contributed by atoms with Crippen molar-refractivity contribution < 1.29 is 9.59 Å². The smallest absolute Gasteiger partial charge is 0.257 e. The number of nitrogens with zero attached hydrogens (tertiary/aromatic N) is 1. The zero-order valence-electron chi connectivity index (χ0n) is 14.7. The topological polar surface area (TPSA) is 71.1 Å². The van der Waals surface area contributed by atoms with Crippen LogP contribution in [0.25, 0.3) is 0 Å². The van der Waals surface area contributed by atoms with E-state index in [-0.39, 0.29) is 11.8 Å². The molecule has 0 unspecified atom stereocenters. The minimum Gasteiger partial charge on any atom is -0.322 e. The summed E-state index contributed by atoms with van der Waals surface area (Å²) in [4.78, 5) is 28.9. The van der Waals surface area contributed by atoms with Gasteiger partial charge >= 0.3 is 0 Å². The predicted octanol–water partition coefficient (Wildman–Crippen LogP) is 4.80. The number of aryl methyl sites for hydroxylation is 1. The number of halogens is 1. The van der Waals surface area contributed by atoms with Crippen molar-refractivity contribution in [3.8, 4) is 0 Å². The highest BCUT2D eigenvalue weighted by Crippen LogP contribution is 2.26. The van der Waals surface area contributed by atoms with Gasteiger partial charge in [-0.25, -0.2) is 0 Å². The van der Waals surface area contributed by atoms with Gasteiger partial charge in [0.15, 0.2) is 0 Å². The van der Waals surface area contributed by atoms with E-state index in [1.165, 1.54) is 0 Å². The van der Waals surface area contributed by atoms with Crippen LogP contribution < -0.4 is 10.6 Å². The Hall–Kier alpha value is -3.18. The van der Waals surface area contributed by atoms with E-state index in [1.54, 1.807) is 54.7 Å². The molecular weight excluding hydrogens is 362 g/mol. The number of carbonyl (C=O) groups excluding carboxylic acids is 2. The number of nitrogens with one attached hydrogen (secondary N) is 2. The van der Waals surface area contributed by atoms with Gasteiger partial charge in [-0.1, -0.05) is 36.7 Å². The molecule has 0 atom stereocenters. The van der Waals surface area contributed by atoms with E-state index in [2.05, 4.69) is 15.6 Å². The van der Waals surface area contributed by atoms with Crippen molar-refractivity contribution in [1.82, 2.24) is 4.98 Å². The molecule has 0 aliphatic carbocycles. The number of benzene rings is 2. The van der Waals surface area contributed by atoms with E-state index in [0.717, 1.165) is 12.1 Å². The van der Waals surface area contributed by atoms with Gasteiger partial charge < -0.3 is 10.6 Å². The highest BCUT2D eigenvalue weighted by Gasteiger charge is 2.11. The Bertz CT molecular complexity index is 957. The molecule has 0 bridgehead atoms. The van der Waals surface area contributed by atoms with Gasteiger partial charge in [-0.15, -0.1) is 0 Å². The lowest BCUT2D eigenvalue weighted by atomic mass is 10.2. The Morgan fingerprint density at radius 3 is 2.33 bits per heavy atom. The third-order valence-corrected chi connectivity index (χ3v) is 4.29. The molecule has 0 aliphatic rings. The quantitative estimate of drug-likeness (QED) is 0.668. The van der Waals surface area contributed by atoms with Crippen molar-refractivity contribution in [2.24, 2.45) is 0 Å². The van der Waals surface area contributed by atoms with Crippen molar-refractivity contribution in [3.63, 3.8) is 0 Å². The second-order valence-corrected chi connectivity index (χ2v) is 6.27. The van der Waals surface area contributed by atoms with Crippen molar-refractivity contribution in [1.29, 1.82) is 0 Å². The van der Waals surface area contributed by atoms with E-state index in [4.69, 9.17) is 11.6 Å². The van der Waals surface area contributed by atoms with Crippen LogP contribution in [-0.4, -0.2) is 16.8 Å². The maximum absolute atomic E-state index is 12.4. The second kappa shape index (κ2) is 8.47. The second-order valence-electron chi connectivity index (χ2n) is 5.86. The van der Waals surface area contributed by atoms with Crippen LogP contribution in [0.2, 0.25) is 5.02 Å². The number of aromatic nitrogens is 1. The lowest BCUT2D eigenvalue weighted by molar-refractivity contribution is 0.101. The van der Waals surface area contributed by atoms with Crippen LogP contribution in [0.3, 0.4) is 0 Å². The molecule has 0 saturated heterocycles. The first-order chi connectivity index (χ1) is 13.1. The molecule has 6 heteroatoms. The van der Waals surface area contributed by atoms with E-state index >= 15 is 0 Å². The molecule has 1 aromatic heterocycles. The molecule has 136 valence electrons. The number of pyridine rings is 1. The van der Waals surface area contributed by atoms with Gasteiger partial charge in [0.1, 0.15) is 0 Å². The van der Waals surface area contributed by atoms with E-state index in [1.807, 2.05) is 19.1 Å². The highest BCUT2D eigenvalue weighted by molar-refractivity contribution is 6.34. The predicted molar refractivity (Wildman–Crippen MR) is 107 cm³/mol. The molecule has 0 radical (unpaired) electrons. The summed E-state index contributed by atoms with van der Waals surface area (Å²) in [5.74, 6) is -0.562. The van der Waals surface area contributed by atoms with Crippen LogP contribution in [-0.2, 0) is 6.42 Å². The molecule has 0 saturated carbocycles. The van der Waals surface area contributed by atoms with Crippen molar-refractivity contribution >= 4 is 34.8 Å². The summed E-state index contributed by atoms with van der Waals surface area (Å²) >= 11 is 6.18. The number of carbonyl (C=O) groups is 2. The fraction of sp³-hybridized carbons (Fsp3) is 0.0952. The van der Waals surface area contributed by atoms with Gasteiger partial charge in [-0.2, -0.15) is 0 Å². The zero-order valence-corrected chi connectivity index (χ0v) is 15.5. The molecule has 5 nitrogen and oxygen atoms in total. The number of rotatable bonds is 5. The summed E-state index contributed by atoms with van der Waals surface area (Å²) < 4.78 is 0. The van der Waals surface area contributed by atoms with Crippen LogP contribution in [0.15, 0.2) is 66.9 Å². The number of anilines is 2. The summed E-state index contributed by atoms with van der Waals surface area (Å²) in [7, 11) is 0. The summed E-state index contributed by atoms with van der Waals surface area (Å²) in [5, 5.41) is 5.93. The van der Waals surface area contributed by atoms with Gasteiger partial charge in [0.2, 0.25) is 0 Å². The fourth-order valence-electron chi connectivity index (χ4n) is 2.45. The minimum atomic E-state index is -0.284. The lowest BCUT2D eigenvalue weighted by Crippen LogP contribution is -2.14. The average molecular weight is 380 g/mol. The largest absolute Gasteiger partial charge is 0.322 e. The van der Waals surface area contributed by atoms with Gasteiger partial charge in [-0.05, 0) is 48.9 Å². The third-order valence-electron chi connectivity index (χ3n) is 3.96. The molecule has 0 fully saturated rings. The van der Waals surface area contributed by atoms with Crippen LogP contribution in [0, 0.1) is 0 Å². The van der Waals surface area contributed by atoms with Crippen LogP contribution in [0.5, 0.6) is 0 Å². The molecule has 2 N–H and O–H groups in total. The molecule has 2 amide bonds. The Morgan fingerprint density at radius 1 is 0.926 bits per heavy atom. The summed E-state index contributed by atoms with van der Waals surface area (Å²) in [6, 6.07) is 17.3. The Kier molecular flexibility index (Phi) is 5.84.